The molecule has 0 aliphatic rings. The number of fused-ring (bicyclic) bond motifs is 2. The molecule has 3 heterocycles. The van der Waals surface area contributed by atoms with E-state index in [1.807, 2.05) is 36.6 Å². The van der Waals surface area contributed by atoms with Crippen LogP contribution < -0.4 is 10.9 Å². The van der Waals surface area contributed by atoms with Crippen molar-refractivity contribution >= 4 is 44.2 Å². The average Bonchev–Trinajstić information content (AvgIpc) is 3.33. The third kappa shape index (κ3) is 3.15. The predicted molar refractivity (Wildman–Crippen MR) is 117 cm³/mol. The monoisotopic (exact) mass is 416 g/mol. The molecular formula is C21H16N6O2S. The fourth-order valence-electron chi connectivity index (χ4n) is 3.47. The van der Waals surface area contributed by atoms with Crippen LogP contribution in [0.5, 0.6) is 0 Å². The minimum Gasteiger partial charge on any atom is -0.358 e. The van der Waals surface area contributed by atoms with Gasteiger partial charge in [-0.05, 0) is 25.1 Å². The fourth-order valence-corrected chi connectivity index (χ4v) is 4.19. The van der Waals surface area contributed by atoms with Crippen molar-refractivity contribution in [3.8, 4) is 11.3 Å². The Bertz CT molecular complexity index is 1470. The third-order valence-electron chi connectivity index (χ3n) is 4.82. The Morgan fingerprint density at radius 1 is 1.13 bits per heavy atom. The van der Waals surface area contributed by atoms with Crippen molar-refractivity contribution in [2.45, 2.75) is 13.5 Å². The summed E-state index contributed by atoms with van der Waals surface area (Å²) >= 11 is 1.33. The summed E-state index contributed by atoms with van der Waals surface area (Å²) in [5.74, 6) is -0.391. The Hall–Kier alpha value is -3.85. The van der Waals surface area contributed by atoms with Gasteiger partial charge in [0.2, 0.25) is 5.91 Å². The third-order valence-corrected chi connectivity index (χ3v) is 5.58. The molecule has 5 aromatic rings. The van der Waals surface area contributed by atoms with E-state index in [0.29, 0.717) is 16.0 Å². The van der Waals surface area contributed by atoms with Crippen LogP contribution in [-0.4, -0.2) is 30.9 Å². The van der Waals surface area contributed by atoms with Crippen molar-refractivity contribution < 1.29 is 4.79 Å². The highest BCUT2D eigenvalue weighted by atomic mass is 32.1. The Kier molecular flexibility index (Phi) is 4.36. The lowest BCUT2D eigenvalue weighted by Gasteiger charge is -2.04. The van der Waals surface area contributed by atoms with Crippen LogP contribution in [0.2, 0.25) is 0 Å². The van der Waals surface area contributed by atoms with E-state index in [4.69, 9.17) is 0 Å². The largest absolute Gasteiger partial charge is 0.358 e. The standard InChI is InChI=1S/C21H16N6O2S/c1-12-19(13-6-2-4-8-15(13)22-12)17-11-30-21(23-17)24-18(28)10-27-20(29)14-7-3-5-9-16(14)25-26-27/h2-9,11,22H,10H2,1H3,(H,23,24,28). The molecule has 3 aromatic heterocycles. The molecule has 148 valence electrons. The molecule has 2 aromatic carbocycles. The van der Waals surface area contributed by atoms with Crippen molar-refractivity contribution in [2.24, 2.45) is 0 Å². The minimum atomic E-state index is -0.391. The van der Waals surface area contributed by atoms with E-state index in [0.717, 1.165) is 32.5 Å². The van der Waals surface area contributed by atoms with Gasteiger partial charge in [-0.1, -0.05) is 35.5 Å². The number of carbonyl (C=O) groups excluding carboxylic acids is 1. The molecule has 0 aliphatic heterocycles. The number of carbonyl (C=O) groups is 1. The first kappa shape index (κ1) is 18.2. The van der Waals surface area contributed by atoms with Gasteiger partial charge in [-0.15, -0.1) is 16.4 Å². The van der Waals surface area contributed by atoms with Gasteiger partial charge >= 0.3 is 0 Å². The zero-order valence-electron chi connectivity index (χ0n) is 15.9. The van der Waals surface area contributed by atoms with Crippen LogP contribution in [0.4, 0.5) is 5.13 Å². The van der Waals surface area contributed by atoms with Crippen LogP contribution in [-0.2, 0) is 11.3 Å². The van der Waals surface area contributed by atoms with Crippen molar-refractivity contribution in [3.05, 3.63) is 70.0 Å². The van der Waals surface area contributed by atoms with E-state index in [1.165, 1.54) is 11.3 Å². The van der Waals surface area contributed by atoms with Gasteiger partial charge in [-0.2, -0.15) is 0 Å². The SMILES string of the molecule is Cc1[nH]c2ccccc2c1-c1csc(NC(=O)Cn2nnc3ccccc3c2=O)n1. The second kappa shape index (κ2) is 7.20. The first-order valence-electron chi connectivity index (χ1n) is 9.26. The summed E-state index contributed by atoms with van der Waals surface area (Å²) in [6.45, 7) is 1.76. The van der Waals surface area contributed by atoms with E-state index < -0.39 is 5.91 Å². The molecule has 1 amide bonds. The maximum Gasteiger partial charge on any atom is 0.278 e. The van der Waals surface area contributed by atoms with Gasteiger partial charge in [0.1, 0.15) is 12.1 Å². The Balaban J connectivity index is 1.38. The van der Waals surface area contributed by atoms with E-state index in [-0.39, 0.29) is 12.1 Å². The van der Waals surface area contributed by atoms with Crippen LogP contribution in [0.3, 0.4) is 0 Å². The van der Waals surface area contributed by atoms with Crippen molar-refractivity contribution in [1.82, 2.24) is 25.0 Å². The molecule has 0 bridgehead atoms. The van der Waals surface area contributed by atoms with E-state index in [2.05, 4.69) is 25.6 Å². The highest BCUT2D eigenvalue weighted by molar-refractivity contribution is 7.14. The van der Waals surface area contributed by atoms with Gasteiger partial charge in [0.25, 0.3) is 5.56 Å². The second-order valence-corrected chi connectivity index (χ2v) is 7.68. The first-order chi connectivity index (χ1) is 14.6. The van der Waals surface area contributed by atoms with Crippen LogP contribution >= 0.6 is 11.3 Å². The van der Waals surface area contributed by atoms with Crippen LogP contribution in [0, 0.1) is 6.92 Å². The molecule has 0 spiro atoms. The van der Waals surface area contributed by atoms with Gasteiger partial charge in [-0.25, -0.2) is 9.67 Å². The van der Waals surface area contributed by atoms with Gasteiger partial charge in [0.05, 0.1) is 11.1 Å². The molecule has 0 saturated carbocycles. The van der Waals surface area contributed by atoms with Crippen LogP contribution in [0.15, 0.2) is 58.7 Å². The number of aromatic amines is 1. The summed E-state index contributed by atoms with van der Waals surface area (Å²) in [5, 5.41) is 14.5. The van der Waals surface area contributed by atoms with E-state index in [9.17, 15) is 9.59 Å². The molecule has 2 N–H and O–H groups in total. The number of hydrogen-bond donors (Lipinski definition) is 2. The number of thiazole rings is 1. The zero-order chi connectivity index (χ0) is 20.7. The van der Waals surface area contributed by atoms with Crippen molar-refractivity contribution in [2.75, 3.05) is 5.32 Å². The maximum atomic E-state index is 12.5. The minimum absolute atomic E-state index is 0.238. The highest BCUT2D eigenvalue weighted by Gasteiger charge is 2.15. The molecule has 0 atom stereocenters. The molecule has 0 unspecified atom stereocenters. The van der Waals surface area contributed by atoms with Gasteiger partial charge in [-0.3, -0.25) is 9.59 Å². The Labute approximate surface area is 174 Å². The van der Waals surface area contributed by atoms with Gasteiger partial charge in [0, 0.05) is 27.5 Å². The van der Waals surface area contributed by atoms with E-state index in [1.54, 1.807) is 24.3 Å². The number of anilines is 1. The van der Waals surface area contributed by atoms with Crippen LogP contribution in [0.25, 0.3) is 33.1 Å². The average molecular weight is 416 g/mol. The maximum absolute atomic E-state index is 12.5. The van der Waals surface area contributed by atoms with Gasteiger partial charge in [0.15, 0.2) is 5.13 Å². The number of para-hydroxylation sites is 1. The number of aryl methyl sites for hydroxylation is 1. The highest BCUT2D eigenvalue weighted by Crippen LogP contribution is 2.33. The number of hydrogen-bond acceptors (Lipinski definition) is 6. The fraction of sp³-hybridized carbons (Fsp3) is 0.0952. The summed E-state index contributed by atoms with van der Waals surface area (Å²) in [7, 11) is 0. The molecule has 0 saturated heterocycles. The molecule has 0 aliphatic carbocycles. The number of nitrogens with zero attached hydrogens (tertiary/aromatic N) is 4. The summed E-state index contributed by atoms with van der Waals surface area (Å²) in [4.78, 5) is 32.9. The van der Waals surface area contributed by atoms with Crippen molar-refractivity contribution in [3.63, 3.8) is 0 Å². The van der Waals surface area contributed by atoms with Gasteiger partial charge < -0.3 is 10.3 Å². The lowest BCUT2D eigenvalue weighted by Crippen LogP contribution is -2.30. The topological polar surface area (TPSA) is 106 Å². The predicted octanol–water partition coefficient (Wildman–Crippen LogP) is 3.34. The summed E-state index contributed by atoms with van der Waals surface area (Å²) in [6.07, 6.45) is 0. The number of rotatable bonds is 4. The summed E-state index contributed by atoms with van der Waals surface area (Å²) in [5.41, 5.74) is 3.99. The Morgan fingerprint density at radius 2 is 1.90 bits per heavy atom. The summed E-state index contributed by atoms with van der Waals surface area (Å²) < 4.78 is 1.05. The molecule has 0 fully saturated rings. The van der Waals surface area contributed by atoms with Crippen LogP contribution in [0.1, 0.15) is 5.69 Å². The molecule has 9 heteroatoms. The smallest absolute Gasteiger partial charge is 0.278 e. The van der Waals surface area contributed by atoms with Crippen molar-refractivity contribution in [1.29, 1.82) is 0 Å². The quantitative estimate of drug-likeness (QED) is 0.467. The number of nitrogens with one attached hydrogen (secondary N) is 2. The first-order valence-corrected chi connectivity index (χ1v) is 10.1. The normalized spacial score (nSPS) is 11.2. The number of amides is 1. The molecule has 0 radical (unpaired) electrons. The zero-order valence-corrected chi connectivity index (χ0v) is 16.7. The lowest BCUT2D eigenvalue weighted by atomic mass is 10.1. The summed E-state index contributed by atoms with van der Waals surface area (Å²) in [6, 6.07) is 14.9. The lowest BCUT2D eigenvalue weighted by molar-refractivity contribution is -0.117. The molecule has 5 rings (SSSR count). The van der Waals surface area contributed by atoms with E-state index >= 15 is 0 Å². The molecule has 30 heavy (non-hydrogen) atoms. The molecular weight excluding hydrogens is 400 g/mol. The molecule has 8 nitrogen and oxygen atoms in total. The number of H-pyrrole nitrogens is 1. The Morgan fingerprint density at radius 3 is 2.77 bits per heavy atom. The second-order valence-electron chi connectivity index (χ2n) is 6.83. The number of benzene rings is 2. The number of aromatic nitrogens is 5.